The molecule has 1 aliphatic rings. The molecule has 1 aromatic rings. The number of rotatable bonds is 7. The van der Waals surface area contributed by atoms with Gasteiger partial charge in [-0.05, 0) is 19.1 Å². The van der Waals surface area contributed by atoms with E-state index in [0.717, 1.165) is 12.4 Å². The van der Waals surface area contributed by atoms with Crippen LogP contribution in [0.3, 0.4) is 0 Å². The van der Waals surface area contributed by atoms with E-state index < -0.39 is 5.97 Å². The first-order valence-electron chi connectivity index (χ1n) is 7.21. The highest BCUT2D eigenvalue weighted by molar-refractivity contribution is 14.0. The van der Waals surface area contributed by atoms with Gasteiger partial charge in [-0.1, -0.05) is 24.8 Å². The summed E-state index contributed by atoms with van der Waals surface area (Å²) in [5.74, 6) is 0.367. The summed E-state index contributed by atoms with van der Waals surface area (Å²) in [4.78, 5) is 15.9. The van der Waals surface area contributed by atoms with Crippen LogP contribution in [-0.4, -0.2) is 48.7 Å². The average Bonchev–Trinajstić information content (AvgIpc) is 2.91. The van der Waals surface area contributed by atoms with E-state index >= 15 is 0 Å². The maximum Gasteiger partial charge on any atom is 0.333 e. The molecule has 2 rings (SSSR count). The number of hydrogen-bond donors (Lipinski definition) is 0. The van der Waals surface area contributed by atoms with Gasteiger partial charge in [-0.25, -0.2) is 4.79 Å². The molecule has 0 N–H and O–H groups in total. The minimum atomic E-state index is -0.391. The van der Waals surface area contributed by atoms with Crippen molar-refractivity contribution in [3.05, 3.63) is 54.9 Å². The Morgan fingerprint density at radius 3 is 2.57 bits per heavy atom. The minimum Gasteiger partial charge on any atom is -0.490 e. The van der Waals surface area contributed by atoms with Gasteiger partial charge in [0.25, 0.3) is 0 Å². The smallest absolute Gasteiger partial charge is 0.333 e. The van der Waals surface area contributed by atoms with Crippen LogP contribution in [0.4, 0.5) is 0 Å². The van der Waals surface area contributed by atoms with Gasteiger partial charge in [0.15, 0.2) is 6.10 Å². The zero-order valence-electron chi connectivity index (χ0n) is 13.5. The van der Waals surface area contributed by atoms with Crippen LogP contribution in [0.25, 0.3) is 0 Å². The number of nitrogens with zero attached hydrogens (tertiary/aromatic N) is 2. The molecule has 1 unspecified atom stereocenters. The molecular weight excluding hydrogens is 407 g/mol. The van der Waals surface area contributed by atoms with E-state index in [4.69, 9.17) is 9.47 Å². The lowest BCUT2D eigenvalue weighted by molar-refractivity contribution is -0.146. The third-order valence-electron chi connectivity index (χ3n) is 3.18. The zero-order valence-corrected chi connectivity index (χ0v) is 15.8. The summed E-state index contributed by atoms with van der Waals surface area (Å²) in [7, 11) is 1.99. The summed E-state index contributed by atoms with van der Waals surface area (Å²) in [6.45, 7) is 6.91. The van der Waals surface area contributed by atoms with Crippen molar-refractivity contribution in [2.45, 2.75) is 13.0 Å². The Bertz CT molecular complexity index is 548. The molecule has 23 heavy (non-hydrogen) atoms. The predicted molar refractivity (Wildman–Crippen MR) is 101 cm³/mol. The van der Waals surface area contributed by atoms with Crippen LogP contribution >= 0.6 is 24.0 Å². The standard InChI is InChI=1S/C17H22N2O3.HI/c1-14(2)17(20)22-16(11-19-10-9-18(3)13-19)12-21-15-7-5-4-6-8-15;/h4-10,16H,1,11-13H2,2-3H3;1H. The van der Waals surface area contributed by atoms with Gasteiger partial charge in [-0.15, -0.1) is 24.0 Å². The number of benzene rings is 1. The van der Waals surface area contributed by atoms with E-state index in [2.05, 4.69) is 16.4 Å². The third kappa shape index (κ3) is 6.52. The van der Waals surface area contributed by atoms with Gasteiger partial charge in [0.2, 0.25) is 0 Å². The molecular formula is C17H23IN2O3. The number of carbonyl (C=O) groups excluding carboxylic acids is 1. The lowest BCUT2D eigenvalue weighted by Gasteiger charge is -2.25. The molecule has 1 heterocycles. The van der Waals surface area contributed by atoms with Crippen molar-refractivity contribution in [1.82, 2.24) is 9.80 Å². The molecule has 0 spiro atoms. The van der Waals surface area contributed by atoms with Crippen LogP contribution in [0.5, 0.6) is 5.75 Å². The summed E-state index contributed by atoms with van der Waals surface area (Å²) in [5, 5.41) is 0. The summed E-state index contributed by atoms with van der Waals surface area (Å²) < 4.78 is 11.2. The van der Waals surface area contributed by atoms with Crippen LogP contribution in [0.1, 0.15) is 6.92 Å². The van der Waals surface area contributed by atoms with Crippen molar-refractivity contribution in [3.63, 3.8) is 0 Å². The van der Waals surface area contributed by atoms with Crippen molar-refractivity contribution in [2.75, 3.05) is 26.9 Å². The van der Waals surface area contributed by atoms with E-state index in [0.29, 0.717) is 18.7 Å². The summed E-state index contributed by atoms with van der Waals surface area (Å²) >= 11 is 0. The zero-order chi connectivity index (χ0) is 15.9. The van der Waals surface area contributed by atoms with E-state index in [1.807, 2.05) is 49.8 Å². The number of carbonyl (C=O) groups is 1. The molecule has 0 radical (unpaired) electrons. The predicted octanol–water partition coefficient (Wildman–Crippen LogP) is 2.85. The minimum absolute atomic E-state index is 0. The summed E-state index contributed by atoms with van der Waals surface area (Å²) in [5.41, 5.74) is 0.388. The van der Waals surface area contributed by atoms with Gasteiger partial charge in [0.1, 0.15) is 12.4 Å². The number of hydrogen-bond acceptors (Lipinski definition) is 5. The van der Waals surface area contributed by atoms with Crippen molar-refractivity contribution in [3.8, 4) is 5.75 Å². The van der Waals surface area contributed by atoms with E-state index in [-0.39, 0.29) is 30.1 Å². The molecule has 0 aliphatic carbocycles. The van der Waals surface area contributed by atoms with Gasteiger partial charge in [0, 0.05) is 25.0 Å². The highest BCUT2D eigenvalue weighted by Gasteiger charge is 2.20. The van der Waals surface area contributed by atoms with E-state index in [9.17, 15) is 4.79 Å². The topological polar surface area (TPSA) is 42.0 Å². The average molecular weight is 430 g/mol. The Labute approximate surface area is 154 Å². The van der Waals surface area contributed by atoms with Gasteiger partial charge >= 0.3 is 5.97 Å². The fourth-order valence-electron chi connectivity index (χ4n) is 2.05. The van der Waals surface area contributed by atoms with Gasteiger partial charge in [-0.2, -0.15) is 0 Å². The van der Waals surface area contributed by atoms with Crippen LogP contribution in [0, 0.1) is 0 Å². The molecule has 1 atom stereocenters. The molecule has 5 nitrogen and oxygen atoms in total. The van der Waals surface area contributed by atoms with Crippen molar-refractivity contribution in [2.24, 2.45) is 0 Å². The molecule has 126 valence electrons. The van der Waals surface area contributed by atoms with Gasteiger partial charge < -0.3 is 19.3 Å². The SMILES string of the molecule is C=C(C)C(=O)OC(COc1ccccc1)CN1C=CN(C)C1.I. The van der Waals surface area contributed by atoms with E-state index in [1.165, 1.54) is 0 Å². The van der Waals surface area contributed by atoms with Crippen LogP contribution < -0.4 is 4.74 Å². The molecule has 0 aromatic heterocycles. The van der Waals surface area contributed by atoms with Crippen molar-refractivity contribution in [1.29, 1.82) is 0 Å². The third-order valence-corrected chi connectivity index (χ3v) is 3.18. The highest BCUT2D eigenvalue weighted by atomic mass is 127. The molecule has 0 bridgehead atoms. The van der Waals surface area contributed by atoms with Crippen LogP contribution in [-0.2, 0) is 9.53 Å². The maximum atomic E-state index is 11.8. The fraction of sp³-hybridized carbons (Fsp3) is 0.353. The largest absolute Gasteiger partial charge is 0.490 e. The Kier molecular flexibility index (Phi) is 7.94. The van der Waals surface area contributed by atoms with Crippen molar-refractivity contribution < 1.29 is 14.3 Å². The molecule has 0 fully saturated rings. The number of ether oxygens (including phenoxy) is 2. The van der Waals surface area contributed by atoms with Gasteiger partial charge in [0.05, 0.1) is 13.2 Å². The highest BCUT2D eigenvalue weighted by Crippen LogP contribution is 2.12. The Morgan fingerprint density at radius 2 is 2.00 bits per heavy atom. The number of esters is 1. The summed E-state index contributed by atoms with van der Waals surface area (Å²) in [6, 6.07) is 9.49. The Morgan fingerprint density at radius 1 is 1.30 bits per heavy atom. The molecule has 6 heteroatoms. The Hall–Kier alpha value is -1.70. The van der Waals surface area contributed by atoms with Crippen molar-refractivity contribution >= 4 is 29.9 Å². The van der Waals surface area contributed by atoms with Crippen LogP contribution in [0.2, 0.25) is 0 Å². The molecule has 0 saturated heterocycles. The second-order valence-electron chi connectivity index (χ2n) is 5.40. The molecule has 0 amide bonds. The Balaban J connectivity index is 0.00000264. The maximum absolute atomic E-state index is 11.8. The molecule has 1 aromatic carbocycles. The molecule has 1 aliphatic heterocycles. The second-order valence-corrected chi connectivity index (χ2v) is 5.40. The number of halogens is 1. The first-order chi connectivity index (χ1) is 10.5. The normalized spacial score (nSPS) is 14.2. The lowest BCUT2D eigenvalue weighted by atomic mass is 10.3. The monoisotopic (exact) mass is 430 g/mol. The van der Waals surface area contributed by atoms with Crippen LogP contribution in [0.15, 0.2) is 54.9 Å². The quantitative estimate of drug-likeness (QED) is 0.378. The molecule has 0 saturated carbocycles. The number of para-hydroxylation sites is 1. The fourth-order valence-corrected chi connectivity index (χ4v) is 2.05. The second kappa shape index (κ2) is 9.44. The van der Waals surface area contributed by atoms with E-state index in [1.54, 1.807) is 6.92 Å². The first-order valence-corrected chi connectivity index (χ1v) is 7.21. The van der Waals surface area contributed by atoms with Gasteiger partial charge in [-0.3, -0.25) is 0 Å². The summed E-state index contributed by atoms with van der Waals surface area (Å²) in [6.07, 6.45) is 3.60. The first kappa shape index (κ1) is 19.3. The lowest BCUT2D eigenvalue weighted by Crippen LogP contribution is -2.37.